The van der Waals surface area contributed by atoms with Crippen LogP contribution in [0.3, 0.4) is 0 Å². The number of hydrazine groups is 1. The Morgan fingerprint density at radius 3 is 2.44 bits per heavy atom. The molecule has 0 spiro atoms. The molecule has 1 aliphatic heterocycles. The normalized spacial score (nSPS) is 20.6. The van der Waals surface area contributed by atoms with E-state index in [0.717, 1.165) is 32.4 Å². The number of nitrogens with one attached hydrogen (secondary N) is 1. The third-order valence-electron chi connectivity index (χ3n) is 2.68. The molecule has 0 aromatic carbocycles. The molecule has 0 aromatic rings. The zero-order valence-corrected chi connectivity index (χ0v) is 11.1. The van der Waals surface area contributed by atoms with Gasteiger partial charge in [0.15, 0.2) is 0 Å². The van der Waals surface area contributed by atoms with Crippen LogP contribution in [0.4, 0.5) is 0 Å². The molecule has 0 saturated carbocycles. The van der Waals surface area contributed by atoms with Crippen molar-refractivity contribution in [2.75, 3.05) is 13.1 Å². The van der Waals surface area contributed by atoms with Gasteiger partial charge in [0.1, 0.15) is 5.25 Å². The highest BCUT2D eigenvalue weighted by Gasteiger charge is 2.28. The number of rotatable bonds is 5. The summed E-state index contributed by atoms with van der Waals surface area (Å²) in [6, 6.07) is 0. The molecule has 3 N–H and O–H groups in total. The van der Waals surface area contributed by atoms with E-state index in [-0.39, 0.29) is 4.99 Å². The highest BCUT2D eigenvalue weighted by molar-refractivity contribution is 7.93. The molecule has 0 aliphatic carbocycles. The fourth-order valence-electron chi connectivity index (χ4n) is 1.80. The monoisotopic (exact) mass is 265 g/mol. The molecule has 1 saturated heterocycles. The number of hydrogen-bond acceptors (Lipinski definition) is 4. The van der Waals surface area contributed by atoms with Gasteiger partial charge in [0.2, 0.25) is 10.0 Å². The Morgan fingerprint density at radius 1 is 1.44 bits per heavy atom. The summed E-state index contributed by atoms with van der Waals surface area (Å²) in [6.45, 7) is 3.28. The SMILES string of the molecule is CCC(C(N)=S)S(=O)(=O)NN1CCCCC1. The highest BCUT2D eigenvalue weighted by atomic mass is 32.2. The van der Waals surface area contributed by atoms with Gasteiger partial charge in [-0.15, -0.1) is 4.83 Å². The summed E-state index contributed by atoms with van der Waals surface area (Å²) in [5.74, 6) is 0. The average molecular weight is 265 g/mol. The summed E-state index contributed by atoms with van der Waals surface area (Å²) in [4.78, 5) is 2.60. The first-order valence-electron chi connectivity index (χ1n) is 5.53. The summed E-state index contributed by atoms with van der Waals surface area (Å²) in [6.07, 6.45) is 3.60. The summed E-state index contributed by atoms with van der Waals surface area (Å²) < 4.78 is 23.9. The van der Waals surface area contributed by atoms with Gasteiger partial charge in [-0.1, -0.05) is 25.6 Å². The minimum absolute atomic E-state index is 0.0343. The molecule has 0 radical (unpaired) electrons. The van der Waals surface area contributed by atoms with Gasteiger partial charge in [-0.2, -0.15) is 0 Å². The summed E-state index contributed by atoms with van der Waals surface area (Å²) in [5, 5.41) is 0.962. The molecular formula is C9H19N3O2S2. The minimum atomic E-state index is -3.46. The van der Waals surface area contributed by atoms with Crippen LogP contribution in [0.1, 0.15) is 32.6 Å². The Bertz CT molecular complexity index is 337. The predicted octanol–water partition coefficient (Wildman–Crippen LogP) is 0.371. The fourth-order valence-corrected chi connectivity index (χ4v) is 3.76. The second-order valence-electron chi connectivity index (χ2n) is 3.98. The van der Waals surface area contributed by atoms with Gasteiger partial charge in [-0.25, -0.2) is 13.4 Å². The van der Waals surface area contributed by atoms with Crippen molar-refractivity contribution in [1.82, 2.24) is 9.84 Å². The average Bonchev–Trinajstić information content (AvgIpc) is 2.18. The minimum Gasteiger partial charge on any atom is -0.392 e. The Labute approximate surface area is 102 Å². The number of thiocarbonyl (C=S) groups is 1. The van der Waals surface area contributed by atoms with Gasteiger partial charge in [0, 0.05) is 13.1 Å². The summed E-state index contributed by atoms with van der Waals surface area (Å²) in [5.41, 5.74) is 5.43. The Morgan fingerprint density at radius 2 is 2.00 bits per heavy atom. The van der Waals surface area contributed by atoms with E-state index in [1.807, 2.05) is 0 Å². The zero-order chi connectivity index (χ0) is 12.2. The van der Waals surface area contributed by atoms with Crippen molar-refractivity contribution in [2.24, 2.45) is 5.73 Å². The zero-order valence-electron chi connectivity index (χ0n) is 9.48. The maximum atomic E-state index is 12.0. The van der Waals surface area contributed by atoms with E-state index in [9.17, 15) is 8.42 Å². The largest absolute Gasteiger partial charge is 0.392 e. The smallest absolute Gasteiger partial charge is 0.233 e. The molecule has 94 valence electrons. The van der Waals surface area contributed by atoms with Crippen LogP contribution in [0.5, 0.6) is 0 Å². The molecule has 0 aromatic heterocycles. The molecule has 16 heavy (non-hydrogen) atoms. The molecule has 1 fully saturated rings. The van der Waals surface area contributed by atoms with E-state index in [1.54, 1.807) is 11.9 Å². The Hall–Kier alpha value is -0.240. The van der Waals surface area contributed by atoms with Crippen molar-refractivity contribution in [3.05, 3.63) is 0 Å². The molecule has 1 atom stereocenters. The third-order valence-corrected chi connectivity index (χ3v) is 4.96. The summed E-state index contributed by atoms with van der Waals surface area (Å²) >= 11 is 4.77. The maximum Gasteiger partial charge on any atom is 0.233 e. The van der Waals surface area contributed by atoms with Gasteiger partial charge in [-0.05, 0) is 19.3 Å². The number of sulfonamides is 1. The van der Waals surface area contributed by atoms with Crippen LogP contribution in [-0.4, -0.2) is 36.8 Å². The number of hydrogen-bond donors (Lipinski definition) is 2. The van der Waals surface area contributed by atoms with Crippen LogP contribution >= 0.6 is 12.2 Å². The van der Waals surface area contributed by atoms with Crippen LogP contribution in [0.2, 0.25) is 0 Å². The van der Waals surface area contributed by atoms with E-state index in [1.165, 1.54) is 0 Å². The van der Waals surface area contributed by atoms with E-state index in [2.05, 4.69) is 4.83 Å². The lowest BCUT2D eigenvalue weighted by atomic mass is 10.2. The molecule has 0 bridgehead atoms. The van der Waals surface area contributed by atoms with Crippen molar-refractivity contribution in [1.29, 1.82) is 0 Å². The Kier molecular flexibility index (Phi) is 5.10. The second-order valence-corrected chi connectivity index (χ2v) is 6.30. The first-order chi connectivity index (χ1) is 7.47. The van der Waals surface area contributed by atoms with Crippen LogP contribution in [0.15, 0.2) is 0 Å². The third kappa shape index (κ3) is 3.65. The standard InChI is InChI=1S/C9H19N3O2S2/c1-2-8(9(10)15)16(13,14)11-12-6-4-3-5-7-12/h8,11H,2-7H2,1H3,(H2,10,15). The fraction of sp³-hybridized carbons (Fsp3) is 0.889. The van der Waals surface area contributed by atoms with Gasteiger partial charge in [0.25, 0.3) is 0 Å². The summed E-state index contributed by atoms with van der Waals surface area (Å²) in [7, 11) is -3.46. The molecule has 1 aliphatic rings. The van der Waals surface area contributed by atoms with E-state index >= 15 is 0 Å². The van der Waals surface area contributed by atoms with Crippen molar-refractivity contribution >= 4 is 27.2 Å². The van der Waals surface area contributed by atoms with Gasteiger partial charge in [-0.3, -0.25) is 0 Å². The van der Waals surface area contributed by atoms with Crippen molar-refractivity contribution in [3.63, 3.8) is 0 Å². The quantitative estimate of drug-likeness (QED) is 0.703. The van der Waals surface area contributed by atoms with Crippen molar-refractivity contribution in [2.45, 2.75) is 37.9 Å². The predicted molar refractivity (Wildman–Crippen MR) is 68.3 cm³/mol. The second kappa shape index (κ2) is 5.90. The lowest BCUT2D eigenvalue weighted by Crippen LogP contribution is -2.50. The highest BCUT2D eigenvalue weighted by Crippen LogP contribution is 2.10. The topological polar surface area (TPSA) is 75.4 Å². The molecule has 0 amide bonds. The lowest BCUT2D eigenvalue weighted by molar-refractivity contribution is 0.199. The first kappa shape index (κ1) is 13.8. The molecule has 1 rings (SSSR count). The van der Waals surface area contributed by atoms with E-state index in [0.29, 0.717) is 6.42 Å². The van der Waals surface area contributed by atoms with Crippen molar-refractivity contribution < 1.29 is 8.42 Å². The lowest BCUT2D eigenvalue weighted by Gasteiger charge is -2.28. The molecule has 5 nitrogen and oxygen atoms in total. The molecule has 1 unspecified atom stereocenters. The number of nitrogens with two attached hydrogens (primary N) is 1. The molecule has 1 heterocycles. The Balaban J connectivity index is 2.65. The number of nitrogens with zero attached hydrogens (tertiary/aromatic N) is 1. The van der Waals surface area contributed by atoms with Gasteiger partial charge in [0.05, 0.1) is 4.99 Å². The van der Waals surface area contributed by atoms with Crippen LogP contribution < -0.4 is 10.6 Å². The van der Waals surface area contributed by atoms with Crippen LogP contribution in [0, 0.1) is 0 Å². The van der Waals surface area contributed by atoms with Gasteiger partial charge < -0.3 is 5.73 Å². The van der Waals surface area contributed by atoms with Crippen LogP contribution in [0.25, 0.3) is 0 Å². The molecular weight excluding hydrogens is 246 g/mol. The number of piperidine rings is 1. The maximum absolute atomic E-state index is 12.0. The van der Waals surface area contributed by atoms with Crippen LogP contribution in [-0.2, 0) is 10.0 Å². The first-order valence-corrected chi connectivity index (χ1v) is 7.48. The molecule has 7 heteroatoms. The van der Waals surface area contributed by atoms with Crippen molar-refractivity contribution in [3.8, 4) is 0 Å². The van der Waals surface area contributed by atoms with E-state index < -0.39 is 15.3 Å². The van der Waals surface area contributed by atoms with E-state index in [4.69, 9.17) is 18.0 Å². The van der Waals surface area contributed by atoms with Gasteiger partial charge >= 0.3 is 0 Å².